The number of hydrogen-bond donors (Lipinski definition) is 2. The highest BCUT2D eigenvalue weighted by molar-refractivity contribution is 9.10. The molecule has 0 saturated carbocycles. The van der Waals surface area contributed by atoms with Crippen LogP contribution in [0.15, 0.2) is 76.3 Å². The predicted molar refractivity (Wildman–Crippen MR) is 117 cm³/mol. The highest BCUT2D eigenvalue weighted by Crippen LogP contribution is 2.24. The van der Waals surface area contributed by atoms with E-state index in [4.69, 9.17) is 4.74 Å². The third kappa shape index (κ3) is 5.30. The number of ether oxygens (including phenoxy) is 1. The second-order valence-electron chi connectivity index (χ2n) is 6.10. The van der Waals surface area contributed by atoms with Crippen LogP contribution in [0.25, 0.3) is 0 Å². The van der Waals surface area contributed by atoms with Crippen molar-refractivity contribution < 1.29 is 18.7 Å². The smallest absolute Gasteiger partial charge is 0.273 e. The van der Waals surface area contributed by atoms with Crippen molar-refractivity contribution in [3.05, 3.63) is 93.7 Å². The highest BCUT2D eigenvalue weighted by Gasteiger charge is 2.14. The zero-order valence-electron chi connectivity index (χ0n) is 15.9. The Hall–Kier alpha value is -3.52. The van der Waals surface area contributed by atoms with Crippen molar-refractivity contribution in [2.75, 3.05) is 12.4 Å². The molecule has 2 N–H and O–H groups in total. The van der Waals surface area contributed by atoms with Gasteiger partial charge in [0, 0.05) is 5.56 Å². The number of benzene rings is 3. The Morgan fingerprint density at radius 1 is 1.03 bits per heavy atom. The minimum Gasteiger partial charge on any atom is -0.496 e. The van der Waals surface area contributed by atoms with Crippen LogP contribution in [0.4, 0.5) is 10.1 Å². The largest absolute Gasteiger partial charge is 0.496 e. The van der Waals surface area contributed by atoms with E-state index in [1.54, 1.807) is 49.6 Å². The van der Waals surface area contributed by atoms with Gasteiger partial charge in [-0.25, -0.2) is 9.82 Å². The standard InChI is InChI=1S/C22H17BrFN3O3/c1-30-20-10-9-14(11-18(20)23)13-25-27-22(29)17-7-2-3-8-19(17)26-21(28)15-5-4-6-16(24)12-15/h2-13H,1H3,(H,26,28)(H,27,29). The molecule has 152 valence electrons. The van der Waals surface area contributed by atoms with Crippen molar-refractivity contribution >= 4 is 39.6 Å². The summed E-state index contributed by atoms with van der Waals surface area (Å²) in [5.74, 6) is -0.873. The summed E-state index contributed by atoms with van der Waals surface area (Å²) in [6, 6.07) is 17.1. The van der Waals surface area contributed by atoms with Gasteiger partial charge in [0.1, 0.15) is 11.6 Å². The summed E-state index contributed by atoms with van der Waals surface area (Å²) in [5.41, 5.74) is 3.83. The minimum atomic E-state index is -0.527. The zero-order valence-corrected chi connectivity index (χ0v) is 17.4. The molecule has 0 spiro atoms. The first-order valence-corrected chi connectivity index (χ1v) is 9.60. The quantitative estimate of drug-likeness (QED) is 0.408. The van der Waals surface area contributed by atoms with Gasteiger partial charge in [-0.15, -0.1) is 0 Å². The maximum Gasteiger partial charge on any atom is 0.273 e. The van der Waals surface area contributed by atoms with E-state index in [2.05, 4.69) is 31.8 Å². The number of para-hydroxylation sites is 1. The van der Waals surface area contributed by atoms with Crippen LogP contribution in [-0.2, 0) is 0 Å². The summed E-state index contributed by atoms with van der Waals surface area (Å²) < 4.78 is 19.3. The summed E-state index contributed by atoms with van der Waals surface area (Å²) in [6.07, 6.45) is 1.48. The Kier molecular flexibility index (Phi) is 6.92. The van der Waals surface area contributed by atoms with Crippen LogP contribution < -0.4 is 15.5 Å². The SMILES string of the molecule is COc1ccc(C=NNC(=O)c2ccccc2NC(=O)c2cccc(F)c2)cc1Br. The molecular weight excluding hydrogens is 453 g/mol. The molecule has 0 saturated heterocycles. The van der Waals surface area contributed by atoms with Crippen LogP contribution in [-0.4, -0.2) is 25.1 Å². The number of amides is 2. The van der Waals surface area contributed by atoms with Crippen LogP contribution in [0.2, 0.25) is 0 Å². The average Bonchev–Trinajstić information content (AvgIpc) is 2.74. The lowest BCUT2D eigenvalue weighted by molar-refractivity contribution is 0.0956. The summed E-state index contributed by atoms with van der Waals surface area (Å²) in [7, 11) is 1.57. The minimum absolute atomic E-state index is 0.147. The van der Waals surface area contributed by atoms with Gasteiger partial charge in [-0.05, 0) is 70.0 Å². The maximum absolute atomic E-state index is 13.4. The number of rotatable bonds is 6. The number of hydrogen-bond acceptors (Lipinski definition) is 4. The summed E-state index contributed by atoms with van der Waals surface area (Å²) in [4.78, 5) is 24.9. The van der Waals surface area contributed by atoms with Gasteiger partial charge in [0.25, 0.3) is 11.8 Å². The molecule has 0 aliphatic carbocycles. The fourth-order valence-corrected chi connectivity index (χ4v) is 3.16. The van der Waals surface area contributed by atoms with Gasteiger partial charge in [-0.1, -0.05) is 18.2 Å². The molecule has 0 radical (unpaired) electrons. The molecule has 0 fully saturated rings. The van der Waals surface area contributed by atoms with E-state index in [0.717, 1.165) is 16.1 Å². The number of carbonyl (C=O) groups is 2. The molecule has 0 bridgehead atoms. The Morgan fingerprint density at radius 3 is 2.57 bits per heavy atom. The number of halogens is 2. The number of anilines is 1. The lowest BCUT2D eigenvalue weighted by atomic mass is 10.1. The molecule has 0 unspecified atom stereocenters. The molecule has 30 heavy (non-hydrogen) atoms. The summed E-state index contributed by atoms with van der Waals surface area (Å²) in [6.45, 7) is 0. The Labute approximate surface area is 180 Å². The fraction of sp³-hybridized carbons (Fsp3) is 0.0455. The van der Waals surface area contributed by atoms with E-state index < -0.39 is 17.6 Å². The normalized spacial score (nSPS) is 10.6. The molecule has 3 rings (SSSR count). The van der Waals surface area contributed by atoms with Crippen LogP contribution in [0, 0.1) is 5.82 Å². The summed E-state index contributed by atoms with van der Waals surface area (Å²) in [5, 5.41) is 6.58. The van der Waals surface area contributed by atoms with Gasteiger partial charge in [-0.2, -0.15) is 5.10 Å². The predicted octanol–water partition coefficient (Wildman–Crippen LogP) is 4.61. The number of hydrazone groups is 1. The van der Waals surface area contributed by atoms with Gasteiger partial charge >= 0.3 is 0 Å². The van der Waals surface area contributed by atoms with Crippen LogP contribution in [0.5, 0.6) is 5.75 Å². The molecule has 0 aliphatic heterocycles. The van der Waals surface area contributed by atoms with Crippen molar-refractivity contribution in [3.63, 3.8) is 0 Å². The monoisotopic (exact) mass is 469 g/mol. The van der Waals surface area contributed by atoms with Gasteiger partial charge in [-0.3, -0.25) is 9.59 Å². The number of nitrogens with one attached hydrogen (secondary N) is 2. The third-order valence-corrected chi connectivity index (χ3v) is 4.68. The van der Waals surface area contributed by atoms with Crippen molar-refractivity contribution in [1.82, 2.24) is 5.43 Å². The van der Waals surface area contributed by atoms with E-state index >= 15 is 0 Å². The van der Waals surface area contributed by atoms with E-state index in [-0.39, 0.29) is 16.8 Å². The van der Waals surface area contributed by atoms with Crippen molar-refractivity contribution in [2.45, 2.75) is 0 Å². The van der Waals surface area contributed by atoms with E-state index in [1.807, 2.05) is 0 Å². The summed E-state index contributed by atoms with van der Waals surface area (Å²) >= 11 is 3.38. The topological polar surface area (TPSA) is 79.8 Å². The average molecular weight is 470 g/mol. The molecular formula is C22H17BrFN3O3. The fourth-order valence-electron chi connectivity index (χ4n) is 2.60. The van der Waals surface area contributed by atoms with Crippen molar-refractivity contribution in [3.8, 4) is 5.75 Å². The first-order valence-electron chi connectivity index (χ1n) is 8.81. The lowest BCUT2D eigenvalue weighted by Crippen LogP contribution is -2.21. The van der Waals surface area contributed by atoms with Crippen LogP contribution >= 0.6 is 15.9 Å². The molecule has 8 heteroatoms. The third-order valence-electron chi connectivity index (χ3n) is 4.06. The number of nitrogens with zero attached hydrogens (tertiary/aromatic N) is 1. The van der Waals surface area contributed by atoms with Gasteiger partial charge in [0.15, 0.2) is 0 Å². The zero-order chi connectivity index (χ0) is 21.5. The van der Waals surface area contributed by atoms with Crippen LogP contribution in [0.1, 0.15) is 26.3 Å². The molecule has 3 aromatic carbocycles. The first kappa shape index (κ1) is 21.2. The molecule has 6 nitrogen and oxygen atoms in total. The number of carbonyl (C=O) groups excluding carboxylic acids is 2. The molecule has 3 aromatic rings. The molecule has 0 atom stereocenters. The van der Waals surface area contributed by atoms with E-state index in [0.29, 0.717) is 5.75 Å². The highest BCUT2D eigenvalue weighted by atomic mass is 79.9. The Balaban J connectivity index is 1.71. The van der Waals surface area contributed by atoms with E-state index in [9.17, 15) is 14.0 Å². The van der Waals surface area contributed by atoms with Gasteiger partial charge in [0.05, 0.1) is 29.0 Å². The molecule has 0 aromatic heterocycles. The first-order chi connectivity index (χ1) is 14.5. The van der Waals surface area contributed by atoms with Crippen molar-refractivity contribution in [2.24, 2.45) is 5.10 Å². The van der Waals surface area contributed by atoms with Crippen molar-refractivity contribution in [1.29, 1.82) is 0 Å². The maximum atomic E-state index is 13.4. The van der Waals surface area contributed by atoms with Gasteiger partial charge < -0.3 is 10.1 Å². The number of methoxy groups -OCH3 is 1. The molecule has 2 amide bonds. The van der Waals surface area contributed by atoms with Gasteiger partial charge in [0.2, 0.25) is 0 Å². The second-order valence-corrected chi connectivity index (χ2v) is 6.96. The molecule has 0 heterocycles. The Morgan fingerprint density at radius 2 is 1.83 bits per heavy atom. The molecule has 0 aliphatic rings. The van der Waals surface area contributed by atoms with E-state index in [1.165, 1.54) is 24.4 Å². The second kappa shape index (κ2) is 9.80. The van der Waals surface area contributed by atoms with Crippen LogP contribution in [0.3, 0.4) is 0 Å². The lowest BCUT2D eigenvalue weighted by Gasteiger charge is -2.10. The Bertz CT molecular complexity index is 1120.